The standard InChI is InChI=1S/C22H34NO2P/c1-7-11-13-14-15-21-20(10-4)19(9-3)16-17-22(21)25-26(23(5)6)24-18-12-8-2/h7-8,11-14,16-17H,9-10,15,18H2,1-6H3/b11-7-,12-8-,14-13+. The van der Waals surface area contributed by atoms with Gasteiger partial charge >= 0.3 is 8.53 Å². The maximum atomic E-state index is 6.34. The molecule has 1 rings (SSSR count). The molecule has 0 spiro atoms. The molecular weight excluding hydrogens is 341 g/mol. The molecule has 0 fully saturated rings. The van der Waals surface area contributed by atoms with Crippen LogP contribution in [-0.2, 0) is 23.8 Å². The summed E-state index contributed by atoms with van der Waals surface area (Å²) >= 11 is 0. The van der Waals surface area contributed by atoms with Gasteiger partial charge in [0, 0.05) is 5.56 Å². The van der Waals surface area contributed by atoms with E-state index in [4.69, 9.17) is 9.05 Å². The Morgan fingerprint density at radius 3 is 2.31 bits per heavy atom. The third-order valence-electron chi connectivity index (χ3n) is 4.00. The number of allylic oxidation sites excluding steroid dienone is 5. The summed E-state index contributed by atoms with van der Waals surface area (Å²) in [6.45, 7) is 9.01. The van der Waals surface area contributed by atoms with E-state index in [1.54, 1.807) is 0 Å². The van der Waals surface area contributed by atoms with E-state index in [0.29, 0.717) is 6.61 Å². The van der Waals surface area contributed by atoms with Crippen LogP contribution < -0.4 is 4.52 Å². The molecule has 1 aromatic rings. The van der Waals surface area contributed by atoms with E-state index in [2.05, 4.69) is 44.2 Å². The Labute approximate surface area is 161 Å². The zero-order chi connectivity index (χ0) is 19.4. The lowest BCUT2D eigenvalue weighted by Crippen LogP contribution is -2.12. The first-order chi connectivity index (χ1) is 12.6. The Bertz CT molecular complexity index is 621. The Morgan fingerprint density at radius 2 is 1.73 bits per heavy atom. The number of aryl methyl sites for hydroxylation is 1. The Kier molecular flexibility index (Phi) is 11.2. The molecule has 0 saturated carbocycles. The molecule has 1 atom stereocenters. The van der Waals surface area contributed by atoms with Gasteiger partial charge in [0.2, 0.25) is 0 Å². The van der Waals surface area contributed by atoms with Crippen molar-refractivity contribution >= 4 is 8.53 Å². The van der Waals surface area contributed by atoms with E-state index in [1.807, 2.05) is 50.8 Å². The second kappa shape index (κ2) is 12.9. The summed E-state index contributed by atoms with van der Waals surface area (Å²) in [5.74, 6) is 0.935. The van der Waals surface area contributed by atoms with Crippen LogP contribution in [0.5, 0.6) is 5.75 Å². The van der Waals surface area contributed by atoms with Crippen LogP contribution in [0.25, 0.3) is 0 Å². The van der Waals surface area contributed by atoms with E-state index in [9.17, 15) is 0 Å². The molecule has 0 saturated heterocycles. The molecule has 1 aromatic carbocycles. The van der Waals surface area contributed by atoms with Crippen LogP contribution in [0.3, 0.4) is 0 Å². The fraction of sp³-hybridized carbons (Fsp3) is 0.455. The molecule has 0 aromatic heterocycles. The fourth-order valence-electron chi connectivity index (χ4n) is 2.69. The molecule has 144 valence electrons. The molecule has 0 radical (unpaired) electrons. The third kappa shape index (κ3) is 7.07. The van der Waals surface area contributed by atoms with Crippen molar-refractivity contribution in [1.82, 2.24) is 4.67 Å². The van der Waals surface area contributed by atoms with Crippen LogP contribution in [0.2, 0.25) is 0 Å². The highest BCUT2D eigenvalue weighted by Crippen LogP contribution is 2.43. The summed E-state index contributed by atoms with van der Waals surface area (Å²) in [6.07, 6.45) is 15.3. The lowest BCUT2D eigenvalue weighted by Gasteiger charge is -2.25. The topological polar surface area (TPSA) is 21.7 Å². The van der Waals surface area contributed by atoms with Crippen molar-refractivity contribution in [1.29, 1.82) is 0 Å². The molecule has 0 aliphatic carbocycles. The number of rotatable bonds is 11. The highest BCUT2D eigenvalue weighted by Gasteiger charge is 2.19. The van der Waals surface area contributed by atoms with Crippen molar-refractivity contribution in [2.45, 2.75) is 47.0 Å². The van der Waals surface area contributed by atoms with Gasteiger partial charge < -0.3 is 9.05 Å². The first kappa shape index (κ1) is 22.6. The predicted molar refractivity (Wildman–Crippen MR) is 115 cm³/mol. The lowest BCUT2D eigenvalue weighted by molar-refractivity contribution is 0.313. The van der Waals surface area contributed by atoms with Gasteiger partial charge in [-0.3, -0.25) is 0 Å². The van der Waals surface area contributed by atoms with Gasteiger partial charge in [0.1, 0.15) is 5.75 Å². The van der Waals surface area contributed by atoms with Gasteiger partial charge in [0.05, 0.1) is 6.61 Å². The van der Waals surface area contributed by atoms with E-state index in [-0.39, 0.29) is 0 Å². The van der Waals surface area contributed by atoms with Crippen LogP contribution in [0.15, 0.2) is 48.6 Å². The van der Waals surface area contributed by atoms with Crippen molar-refractivity contribution in [3.8, 4) is 5.75 Å². The summed E-state index contributed by atoms with van der Waals surface area (Å²) in [7, 11) is 2.86. The Morgan fingerprint density at radius 1 is 0.962 bits per heavy atom. The molecular formula is C22H34NO2P. The van der Waals surface area contributed by atoms with Crippen LogP contribution in [0.1, 0.15) is 44.4 Å². The van der Waals surface area contributed by atoms with Crippen molar-refractivity contribution in [3.63, 3.8) is 0 Å². The summed E-state index contributed by atoms with van der Waals surface area (Å²) < 4.78 is 14.3. The molecule has 1 unspecified atom stereocenters. The minimum atomic E-state index is -1.13. The highest BCUT2D eigenvalue weighted by atomic mass is 31.2. The molecule has 0 aliphatic rings. The lowest BCUT2D eigenvalue weighted by atomic mass is 9.94. The van der Waals surface area contributed by atoms with Crippen LogP contribution in [-0.4, -0.2) is 25.4 Å². The van der Waals surface area contributed by atoms with Crippen molar-refractivity contribution in [2.24, 2.45) is 0 Å². The van der Waals surface area contributed by atoms with Gasteiger partial charge in [-0.2, -0.15) is 0 Å². The largest absolute Gasteiger partial charge is 0.435 e. The summed E-state index contributed by atoms with van der Waals surface area (Å²) in [6, 6.07) is 4.30. The molecule has 0 N–H and O–H groups in total. The fourth-order valence-corrected chi connectivity index (χ4v) is 3.69. The van der Waals surface area contributed by atoms with Gasteiger partial charge in [0.15, 0.2) is 0 Å². The maximum Gasteiger partial charge on any atom is 0.320 e. The minimum absolute atomic E-state index is 0.560. The second-order valence-corrected chi connectivity index (χ2v) is 7.80. The molecule has 0 amide bonds. The van der Waals surface area contributed by atoms with Gasteiger partial charge in [-0.25, -0.2) is 4.67 Å². The van der Waals surface area contributed by atoms with E-state index in [0.717, 1.165) is 25.0 Å². The Hall–Kier alpha value is -1.41. The zero-order valence-corrected chi connectivity index (χ0v) is 18.1. The van der Waals surface area contributed by atoms with Crippen LogP contribution >= 0.6 is 8.53 Å². The SMILES string of the molecule is C/C=C\C=C\Cc1c(OP(OC/C=C\C)N(C)C)ccc(CC)c1CC. The number of hydrogen-bond donors (Lipinski definition) is 0. The maximum absolute atomic E-state index is 6.34. The summed E-state index contributed by atoms with van der Waals surface area (Å²) in [5, 5.41) is 0. The molecule has 4 heteroatoms. The smallest absolute Gasteiger partial charge is 0.320 e. The van der Waals surface area contributed by atoms with Gasteiger partial charge in [-0.1, -0.05) is 56.4 Å². The summed E-state index contributed by atoms with van der Waals surface area (Å²) in [5.41, 5.74) is 4.08. The van der Waals surface area contributed by atoms with E-state index in [1.165, 1.54) is 16.7 Å². The predicted octanol–water partition coefficient (Wildman–Crippen LogP) is 6.25. The van der Waals surface area contributed by atoms with E-state index < -0.39 is 8.53 Å². The van der Waals surface area contributed by atoms with Crippen molar-refractivity contribution in [3.05, 3.63) is 65.3 Å². The monoisotopic (exact) mass is 375 g/mol. The zero-order valence-electron chi connectivity index (χ0n) is 17.2. The first-order valence-corrected chi connectivity index (χ1v) is 10.5. The molecule has 0 bridgehead atoms. The third-order valence-corrected chi connectivity index (χ3v) is 5.38. The minimum Gasteiger partial charge on any atom is -0.435 e. The van der Waals surface area contributed by atoms with Crippen LogP contribution in [0, 0.1) is 0 Å². The molecule has 26 heavy (non-hydrogen) atoms. The molecule has 0 aliphatic heterocycles. The van der Waals surface area contributed by atoms with Crippen molar-refractivity contribution in [2.75, 3.05) is 20.7 Å². The number of benzene rings is 1. The van der Waals surface area contributed by atoms with Crippen LogP contribution in [0.4, 0.5) is 0 Å². The highest BCUT2D eigenvalue weighted by molar-refractivity contribution is 7.44. The molecule has 0 heterocycles. The van der Waals surface area contributed by atoms with Crippen molar-refractivity contribution < 1.29 is 9.05 Å². The first-order valence-electron chi connectivity index (χ1n) is 9.39. The van der Waals surface area contributed by atoms with Gasteiger partial charge in [-0.05, 0) is 64.4 Å². The number of hydrogen-bond acceptors (Lipinski definition) is 3. The average Bonchev–Trinajstić information content (AvgIpc) is 2.64. The second-order valence-electron chi connectivity index (χ2n) is 6.09. The van der Waals surface area contributed by atoms with E-state index >= 15 is 0 Å². The van der Waals surface area contributed by atoms with Gasteiger partial charge in [0.25, 0.3) is 0 Å². The normalized spacial score (nSPS) is 13.5. The molecule has 3 nitrogen and oxygen atoms in total. The average molecular weight is 375 g/mol. The van der Waals surface area contributed by atoms with Gasteiger partial charge in [-0.15, -0.1) is 0 Å². The summed E-state index contributed by atoms with van der Waals surface area (Å²) in [4.78, 5) is 0. The quantitative estimate of drug-likeness (QED) is 0.259. The Balaban J connectivity index is 3.17. The number of nitrogens with zero attached hydrogens (tertiary/aromatic N) is 1.